The van der Waals surface area contributed by atoms with E-state index in [1.807, 2.05) is 50.2 Å². The van der Waals surface area contributed by atoms with Crippen molar-refractivity contribution in [3.8, 4) is 11.3 Å². The number of anilines is 1. The van der Waals surface area contributed by atoms with Gasteiger partial charge in [-0.05, 0) is 67.4 Å². The number of furan rings is 1. The number of fused-ring (bicyclic) bond motifs is 2. The molecule has 0 saturated heterocycles. The molecule has 2 amide bonds. The van der Waals surface area contributed by atoms with Gasteiger partial charge >= 0.3 is 6.18 Å². The number of nitrogens with one attached hydrogen (secondary N) is 3. The van der Waals surface area contributed by atoms with Crippen molar-refractivity contribution in [1.82, 2.24) is 44.9 Å². The third-order valence-corrected chi connectivity index (χ3v) is 8.72. The Kier molecular flexibility index (Phi) is 8.48. The van der Waals surface area contributed by atoms with Crippen molar-refractivity contribution in [3.63, 3.8) is 0 Å². The summed E-state index contributed by atoms with van der Waals surface area (Å²) in [7, 11) is 0. The number of benzene rings is 3. The first kappa shape index (κ1) is 34.0. The van der Waals surface area contributed by atoms with Crippen molar-refractivity contribution in [2.45, 2.75) is 32.6 Å². The summed E-state index contributed by atoms with van der Waals surface area (Å²) in [6.07, 6.45) is -1.40. The van der Waals surface area contributed by atoms with E-state index in [9.17, 15) is 22.8 Å². The predicted molar refractivity (Wildman–Crippen MR) is 191 cm³/mol. The lowest BCUT2D eigenvalue weighted by Gasteiger charge is -2.19. The Morgan fingerprint density at radius 3 is 2.48 bits per heavy atom. The lowest BCUT2D eigenvalue weighted by molar-refractivity contribution is -0.144. The molecule has 0 aliphatic carbocycles. The Bertz CT molecular complexity index is 2660. The average Bonchev–Trinajstić information content (AvgIpc) is 3.97. The van der Waals surface area contributed by atoms with Crippen LogP contribution in [-0.4, -0.2) is 51.4 Å². The van der Waals surface area contributed by atoms with E-state index >= 15 is 0 Å². The number of amides is 2. The van der Waals surface area contributed by atoms with Crippen LogP contribution in [-0.2, 0) is 12.7 Å². The number of aromatic nitrogens is 8. The lowest BCUT2D eigenvalue weighted by Crippen LogP contribution is -2.29. The van der Waals surface area contributed by atoms with Gasteiger partial charge < -0.3 is 20.0 Å². The Morgan fingerprint density at radius 2 is 1.70 bits per heavy atom. The molecule has 16 heteroatoms. The summed E-state index contributed by atoms with van der Waals surface area (Å²) in [6, 6.07) is 25.2. The predicted octanol–water partition coefficient (Wildman–Crippen LogP) is 6.91. The van der Waals surface area contributed by atoms with Crippen LogP contribution in [0.1, 0.15) is 61.1 Å². The number of halogens is 3. The van der Waals surface area contributed by atoms with Crippen LogP contribution in [0.4, 0.5) is 18.9 Å². The number of alkyl halides is 3. The van der Waals surface area contributed by atoms with E-state index in [0.717, 1.165) is 17.0 Å². The zero-order valence-corrected chi connectivity index (χ0v) is 28.6. The van der Waals surface area contributed by atoms with Crippen LogP contribution in [0.3, 0.4) is 0 Å². The Hall–Kier alpha value is -7.10. The molecule has 0 spiro atoms. The number of rotatable bonds is 9. The Labute approximate surface area is 303 Å². The molecule has 0 saturated carbocycles. The summed E-state index contributed by atoms with van der Waals surface area (Å²) >= 11 is 0. The quantitative estimate of drug-likeness (QED) is 0.144. The topological polar surface area (TPSA) is 161 Å². The van der Waals surface area contributed by atoms with Gasteiger partial charge in [-0.3, -0.25) is 9.59 Å². The number of hydrogen-bond acceptors (Lipinski definition) is 8. The fourth-order valence-corrected chi connectivity index (χ4v) is 6.15. The molecule has 3 N–H and O–H groups in total. The van der Waals surface area contributed by atoms with E-state index in [2.05, 4.69) is 41.0 Å². The molecule has 5 heterocycles. The zero-order chi connectivity index (χ0) is 37.6. The minimum Gasteiger partial charge on any atom is -0.454 e. The number of H-pyrrole nitrogens is 1. The first-order valence-electron chi connectivity index (χ1n) is 16.6. The first-order chi connectivity index (χ1) is 26.0. The van der Waals surface area contributed by atoms with Gasteiger partial charge in [0.25, 0.3) is 11.8 Å². The highest BCUT2D eigenvalue weighted by Crippen LogP contribution is 2.31. The molecule has 0 aliphatic rings. The third-order valence-electron chi connectivity index (χ3n) is 8.72. The van der Waals surface area contributed by atoms with Gasteiger partial charge in [0, 0.05) is 22.6 Å². The largest absolute Gasteiger partial charge is 0.454 e. The second kappa shape index (κ2) is 13.5. The van der Waals surface area contributed by atoms with Crippen molar-refractivity contribution >= 4 is 34.2 Å². The van der Waals surface area contributed by atoms with Crippen LogP contribution in [0.5, 0.6) is 0 Å². The fraction of sp³-hybridized carbons (Fsp3) is 0.132. The van der Waals surface area contributed by atoms with Crippen molar-refractivity contribution in [2.75, 3.05) is 5.32 Å². The minimum atomic E-state index is -4.63. The Morgan fingerprint density at radius 1 is 0.907 bits per heavy atom. The molecule has 0 aliphatic heterocycles. The lowest BCUT2D eigenvalue weighted by atomic mass is 9.98. The molecule has 1 unspecified atom stereocenters. The molecule has 5 aromatic heterocycles. The van der Waals surface area contributed by atoms with E-state index in [1.54, 1.807) is 51.8 Å². The van der Waals surface area contributed by atoms with Gasteiger partial charge in [0.2, 0.25) is 5.82 Å². The van der Waals surface area contributed by atoms with Gasteiger partial charge in [-0.1, -0.05) is 53.7 Å². The van der Waals surface area contributed by atoms with Crippen molar-refractivity contribution in [2.24, 2.45) is 0 Å². The maximum absolute atomic E-state index is 13.5. The van der Waals surface area contributed by atoms with Gasteiger partial charge in [0.05, 0.1) is 29.5 Å². The van der Waals surface area contributed by atoms with Gasteiger partial charge in [0.1, 0.15) is 23.6 Å². The highest BCUT2D eigenvalue weighted by atomic mass is 19.4. The highest BCUT2D eigenvalue weighted by molar-refractivity contribution is 6.08. The van der Waals surface area contributed by atoms with Crippen molar-refractivity contribution in [1.29, 1.82) is 0 Å². The number of carbonyl (C=O) groups is 2. The van der Waals surface area contributed by atoms with E-state index < -0.39 is 23.9 Å². The highest BCUT2D eigenvalue weighted by Gasteiger charge is 2.35. The summed E-state index contributed by atoms with van der Waals surface area (Å²) in [5.41, 5.74) is 6.03. The fourth-order valence-electron chi connectivity index (χ4n) is 6.15. The van der Waals surface area contributed by atoms with Crippen LogP contribution < -0.4 is 10.6 Å². The third kappa shape index (κ3) is 6.79. The van der Waals surface area contributed by atoms with Crippen molar-refractivity contribution < 1.29 is 27.2 Å². The maximum Gasteiger partial charge on any atom is 0.449 e. The first-order valence-corrected chi connectivity index (χ1v) is 16.6. The normalized spacial score (nSPS) is 12.3. The summed E-state index contributed by atoms with van der Waals surface area (Å²) in [6.45, 7) is 3.94. The average molecular weight is 731 g/mol. The van der Waals surface area contributed by atoms with Crippen LogP contribution in [0.25, 0.3) is 27.9 Å². The smallest absolute Gasteiger partial charge is 0.449 e. The summed E-state index contributed by atoms with van der Waals surface area (Å²) in [4.78, 5) is 36.9. The molecule has 0 radical (unpaired) electrons. The van der Waals surface area contributed by atoms with Gasteiger partial charge in [-0.25, -0.2) is 19.2 Å². The molecular weight excluding hydrogens is 701 g/mol. The SMILES string of the molecule is Cc1cc(C)n2ncc(C(=O)Nc3ccc(-c4cn(Cc5ccc(C(=O)NC(c6ccccc6)c6ccc7nc(C(F)(F)F)[nH]c7c6)o5)nn4)cc3)c2n1. The van der Waals surface area contributed by atoms with Crippen LogP contribution in [0, 0.1) is 13.8 Å². The minimum absolute atomic E-state index is 0.0380. The molecular formula is C38H29F3N10O3. The molecule has 8 rings (SSSR count). The van der Waals surface area contributed by atoms with Crippen LogP contribution in [0.2, 0.25) is 0 Å². The number of hydrogen-bond donors (Lipinski definition) is 3. The molecule has 13 nitrogen and oxygen atoms in total. The van der Waals surface area contributed by atoms with Crippen LogP contribution in [0.15, 0.2) is 108 Å². The molecule has 8 aromatic rings. The van der Waals surface area contributed by atoms with Crippen molar-refractivity contribution in [3.05, 3.63) is 149 Å². The number of aryl methyl sites for hydroxylation is 2. The number of imidazole rings is 1. The molecule has 54 heavy (non-hydrogen) atoms. The molecule has 0 fully saturated rings. The maximum atomic E-state index is 13.5. The van der Waals surface area contributed by atoms with Crippen LogP contribution >= 0.6 is 0 Å². The second-order valence-electron chi connectivity index (χ2n) is 12.6. The van der Waals surface area contributed by atoms with Gasteiger partial charge in [-0.2, -0.15) is 18.3 Å². The summed E-state index contributed by atoms with van der Waals surface area (Å²) in [5.74, 6) is -1.47. The zero-order valence-electron chi connectivity index (χ0n) is 28.6. The number of aromatic amines is 1. The Balaban J connectivity index is 0.935. The number of nitrogens with zero attached hydrogens (tertiary/aromatic N) is 7. The monoisotopic (exact) mass is 730 g/mol. The summed E-state index contributed by atoms with van der Waals surface area (Å²) in [5, 5.41) is 18.6. The number of carbonyl (C=O) groups excluding carboxylic acids is 2. The van der Waals surface area contributed by atoms with E-state index in [4.69, 9.17) is 4.42 Å². The van der Waals surface area contributed by atoms with E-state index in [1.165, 1.54) is 24.4 Å². The second-order valence-corrected chi connectivity index (χ2v) is 12.6. The summed E-state index contributed by atoms with van der Waals surface area (Å²) < 4.78 is 48.9. The molecule has 1 atom stereocenters. The molecule has 270 valence electrons. The van der Waals surface area contributed by atoms with E-state index in [0.29, 0.717) is 39.5 Å². The molecule has 3 aromatic carbocycles. The van der Waals surface area contributed by atoms with E-state index in [-0.39, 0.29) is 29.2 Å². The standard InChI is InChI=1S/C38H29F3N10O3/c1-21-16-22(2)51-34(43-21)28(18-42-51)35(52)44-26-11-8-23(9-12-26)31-20-50(49-48-31)19-27-13-15-32(54-27)36(53)47-33(24-6-4-3-5-7-24)25-10-14-29-30(17-25)46-37(45-29)38(39,40)41/h3-18,20,33H,19H2,1-2H3,(H,44,52)(H,45,46)(H,47,53). The van der Waals surface area contributed by atoms with Gasteiger partial charge in [0.15, 0.2) is 11.4 Å². The molecule has 0 bridgehead atoms. The van der Waals surface area contributed by atoms with Gasteiger partial charge in [-0.15, -0.1) is 5.10 Å².